The van der Waals surface area contributed by atoms with E-state index >= 15 is 0 Å². The molecule has 0 saturated heterocycles. The van der Waals surface area contributed by atoms with Crippen LogP contribution in [0.3, 0.4) is 0 Å². The summed E-state index contributed by atoms with van der Waals surface area (Å²) in [5.41, 5.74) is 0.479. The van der Waals surface area contributed by atoms with E-state index in [9.17, 15) is 9.59 Å². The maximum absolute atomic E-state index is 12.1. The lowest BCUT2D eigenvalue weighted by Gasteiger charge is -2.07. The van der Waals surface area contributed by atoms with Crippen LogP contribution in [0, 0.1) is 0 Å². The largest absolute Gasteiger partial charge is 0.494 e. The van der Waals surface area contributed by atoms with Crippen molar-refractivity contribution in [3.63, 3.8) is 0 Å². The number of aromatic carboxylic acids is 1. The van der Waals surface area contributed by atoms with Crippen molar-refractivity contribution in [2.45, 2.75) is 19.9 Å². The Bertz CT molecular complexity index is 669. The molecule has 1 aromatic carbocycles. The standard InChI is InChI=1S/C15H16N2O4S/c1-2-6-21-11-5-3-4-10(7-11)14(18)16-8-13-17-12(9-22-13)15(19)20/h3-5,7,9H,2,6,8H2,1H3,(H,16,18)(H,19,20). The zero-order valence-corrected chi connectivity index (χ0v) is 12.9. The van der Waals surface area contributed by atoms with Gasteiger partial charge in [-0.25, -0.2) is 9.78 Å². The fourth-order valence-electron chi connectivity index (χ4n) is 1.70. The van der Waals surface area contributed by atoms with Gasteiger partial charge in [0.2, 0.25) is 0 Å². The molecule has 0 atom stereocenters. The van der Waals surface area contributed by atoms with Gasteiger partial charge in [-0.1, -0.05) is 13.0 Å². The zero-order valence-electron chi connectivity index (χ0n) is 12.0. The van der Waals surface area contributed by atoms with Crippen molar-refractivity contribution in [1.82, 2.24) is 10.3 Å². The first-order valence-electron chi connectivity index (χ1n) is 6.79. The second-order valence-corrected chi connectivity index (χ2v) is 5.43. The van der Waals surface area contributed by atoms with Crippen molar-refractivity contribution >= 4 is 23.2 Å². The molecule has 1 amide bonds. The molecule has 2 N–H and O–H groups in total. The van der Waals surface area contributed by atoms with Gasteiger partial charge in [-0.3, -0.25) is 4.79 Å². The van der Waals surface area contributed by atoms with Crippen LogP contribution in [0.25, 0.3) is 0 Å². The summed E-state index contributed by atoms with van der Waals surface area (Å²) in [6.07, 6.45) is 0.895. The summed E-state index contributed by atoms with van der Waals surface area (Å²) in [7, 11) is 0. The van der Waals surface area contributed by atoms with Gasteiger partial charge in [-0.05, 0) is 24.6 Å². The first-order valence-corrected chi connectivity index (χ1v) is 7.67. The third-order valence-corrected chi connectivity index (χ3v) is 3.59. The third-order valence-electron chi connectivity index (χ3n) is 2.74. The van der Waals surface area contributed by atoms with E-state index in [4.69, 9.17) is 9.84 Å². The van der Waals surface area contributed by atoms with Gasteiger partial charge in [0.15, 0.2) is 5.69 Å². The third kappa shape index (κ3) is 4.29. The number of ether oxygens (including phenoxy) is 1. The number of carbonyl (C=O) groups is 2. The highest BCUT2D eigenvalue weighted by Crippen LogP contribution is 2.14. The number of nitrogens with zero attached hydrogens (tertiary/aromatic N) is 1. The van der Waals surface area contributed by atoms with E-state index in [0.29, 0.717) is 22.9 Å². The molecule has 0 bridgehead atoms. The number of thiazole rings is 1. The van der Waals surface area contributed by atoms with Crippen molar-refractivity contribution in [3.8, 4) is 5.75 Å². The Morgan fingerprint density at radius 2 is 2.23 bits per heavy atom. The fourth-order valence-corrected chi connectivity index (χ4v) is 2.40. The van der Waals surface area contributed by atoms with Gasteiger partial charge in [0.05, 0.1) is 13.2 Å². The minimum absolute atomic E-state index is 0.00999. The highest BCUT2D eigenvalue weighted by Gasteiger charge is 2.11. The number of nitrogens with one attached hydrogen (secondary N) is 1. The maximum Gasteiger partial charge on any atom is 0.355 e. The van der Waals surface area contributed by atoms with Gasteiger partial charge in [0, 0.05) is 10.9 Å². The minimum Gasteiger partial charge on any atom is -0.494 e. The molecule has 2 rings (SSSR count). The number of hydrogen-bond acceptors (Lipinski definition) is 5. The molecular weight excluding hydrogens is 304 g/mol. The summed E-state index contributed by atoms with van der Waals surface area (Å²) < 4.78 is 5.48. The molecule has 116 valence electrons. The Hall–Kier alpha value is -2.41. The summed E-state index contributed by atoms with van der Waals surface area (Å²) in [5.74, 6) is -0.680. The Kier molecular flexibility index (Phi) is 5.48. The van der Waals surface area contributed by atoms with Crippen LogP contribution < -0.4 is 10.1 Å². The van der Waals surface area contributed by atoms with Crippen LogP contribution in [-0.4, -0.2) is 28.6 Å². The lowest BCUT2D eigenvalue weighted by Crippen LogP contribution is -2.22. The molecule has 1 aromatic heterocycles. The number of carboxylic acids is 1. The van der Waals surface area contributed by atoms with Gasteiger partial charge in [-0.15, -0.1) is 11.3 Å². The molecule has 7 heteroatoms. The topological polar surface area (TPSA) is 88.5 Å². The second-order valence-electron chi connectivity index (χ2n) is 4.49. The van der Waals surface area contributed by atoms with Crippen LogP contribution in [0.15, 0.2) is 29.6 Å². The normalized spacial score (nSPS) is 10.2. The molecule has 0 unspecified atom stereocenters. The van der Waals surface area contributed by atoms with E-state index in [1.807, 2.05) is 6.92 Å². The molecule has 0 aliphatic heterocycles. The Morgan fingerprint density at radius 1 is 1.41 bits per heavy atom. The summed E-state index contributed by atoms with van der Waals surface area (Å²) in [6.45, 7) is 2.80. The average Bonchev–Trinajstić information content (AvgIpc) is 3.00. The predicted molar refractivity (Wildman–Crippen MR) is 82.5 cm³/mol. The number of rotatable bonds is 7. The predicted octanol–water partition coefficient (Wildman–Crippen LogP) is 2.56. The lowest BCUT2D eigenvalue weighted by molar-refractivity contribution is 0.0691. The minimum atomic E-state index is -1.07. The second kappa shape index (κ2) is 7.56. The molecule has 0 radical (unpaired) electrons. The van der Waals surface area contributed by atoms with Crippen LogP contribution in [0.1, 0.15) is 39.2 Å². The quantitative estimate of drug-likeness (QED) is 0.818. The van der Waals surface area contributed by atoms with E-state index in [2.05, 4.69) is 10.3 Å². The van der Waals surface area contributed by atoms with E-state index in [1.54, 1.807) is 24.3 Å². The van der Waals surface area contributed by atoms with E-state index in [0.717, 1.165) is 6.42 Å². The maximum atomic E-state index is 12.1. The average molecular weight is 320 g/mol. The van der Waals surface area contributed by atoms with E-state index < -0.39 is 5.97 Å². The van der Waals surface area contributed by atoms with Crippen LogP contribution in [0.5, 0.6) is 5.75 Å². The Labute approximate surface area is 131 Å². The van der Waals surface area contributed by atoms with Crippen molar-refractivity contribution in [2.75, 3.05) is 6.61 Å². The highest BCUT2D eigenvalue weighted by atomic mass is 32.1. The lowest BCUT2D eigenvalue weighted by atomic mass is 10.2. The zero-order chi connectivity index (χ0) is 15.9. The number of carboxylic acid groups (broad SMARTS) is 1. The van der Waals surface area contributed by atoms with Crippen molar-refractivity contribution in [2.24, 2.45) is 0 Å². The van der Waals surface area contributed by atoms with E-state index in [-0.39, 0.29) is 18.1 Å². The molecule has 6 nitrogen and oxygen atoms in total. The van der Waals surface area contributed by atoms with Crippen LogP contribution >= 0.6 is 11.3 Å². The number of hydrogen-bond donors (Lipinski definition) is 2. The molecule has 0 spiro atoms. The fraction of sp³-hybridized carbons (Fsp3) is 0.267. The van der Waals surface area contributed by atoms with E-state index in [1.165, 1.54) is 16.7 Å². The summed E-state index contributed by atoms with van der Waals surface area (Å²) >= 11 is 1.20. The molecule has 2 aromatic rings. The smallest absolute Gasteiger partial charge is 0.355 e. The highest BCUT2D eigenvalue weighted by molar-refractivity contribution is 7.09. The van der Waals surface area contributed by atoms with Gasteiger partial charge >= 0.3 is 5.97 Å². The molecular formula is C15H16N2O4S. The molecule has 0 aliphatic carbocycles. The van der Waals surface area contributed by atoms with Crippen molar-refractivity contribution in [1.29, 1.82) is 0 Å². The summed E-state index contributed by atoms with van der Waals surface area (Å²) in [4.78, 5) is 26.7. The molecule has 0 aliphatic rings. The molecule has 0 fully saturated rings. The number of benzene rings is 1. The molecule has 1 heterocycles. The molecule has 0 saturated carbocycles. The summed E-state index contributed by atoms with van der Waals surface area (Å²) in [5, 5.41) is 13.5. The van der Waals surface area contributed by atoms with Crippen LogP contribution in [0.2, 0.25) is 0 Å². The number of carbonyl (C=O) groups excluding carboxylic acids is 1. The first-order chi connectivity index (χ1) is 10.6. The van der Waals surface area contributed by atoms with Crippen molar-refractivity contribution in [3.05, 3.63) is 45.9 Å². The van der Waals surface area contributed by atoms with Gasteiger partial charge < -0.3 is 15.2 Å². The first kappa shape index (κ1) is 16.0. The van der Waals surface area contributed by atoms with Crippen molar-refractivity contribution < 1.29 is 19.4 Å². The van der Waals surface area contributed by atoms with Gasteiger partial charge in [-0.2, -0.15) is 0 Å². The Balaban J connectivity index is 1.95. The monoisotopic (exact) mass is 320 g/mol. The van der Waals surface area contributed by atoms with Crippen LogP contribution in [-0.2, 0) is 6.54 Å². The SMILES string of the molecule is CCCOc1cccc(C(=O)NCc2nc(C(=O)O)cs2)c1. The van der Waals surface area contributed by atoms with Gasteiger partial charge in [0.25, 0.3) is 5.91 Å². The number of aromatic nitrogens is 1. The van der Waals surface area contributed by atoms with Gasteiger partial charge in [0.1, 0.15) is 10.8 Å². The summed E-state index contributed by atoms with van der Waals surface area (Å²) in [6, 6.07) is 6.92. The van der Waals surface area contributed by atoms with Crippen LogP contribution in [0.4, 0.5) is 0 Å². The Morgan fingerprint density at radius 3 is 2.91 bits per heavy atom. The number of amides is 1. The molecule has 22 heavy (non-hydrogen) atoms.